The summed E-state index contributed by atoms with van der Waals surface area (Å²) >= 11 is 0. The molecule has 0 unspecified atom stereocenters. The molecule has 0 aromatic heterocycles. The number of carbonyl (C=O) groups is 1. The fourth-order valence-corrected chi connectivity index (χ4v) is 2.92. The largest absolute Gasteiger partial charge is 0.352 e. The third-order valence-electron chi connectivity index (χ3n) is 4.58. The van der Waals surface area contributed by atoms with Crippen molar-refractivity contribution in [1.82, 2.24) is 15.5 Å². The molecule has 0 bridgehead atoms. The summed E-state index contributed by atoms with van der Waals surface area (Å²) in [4.78, 5) is 14.4. The summed E-state index contributed by atoms with van der Waals surface area (Å²) < 4.78 is 0. The smallest absolute Gasteiger partial charge is 0.234 e. The summed E-state index contributed by atoms with van der Waals surface area (Å²) in [6.07, 6.45) is 7.80. The van der Waals surface area contributed by atoms with E-state index in [2.05, 4.69) is 15.5 Å². The SMILES string of the molecule is O=C(CNCC1CC1)NC1CCN(CC2CC2)CC1. The average Bonchev–Trinajstić information content (AvgIpc) is 3.26. The van der Waals surface area contributed by atoms with Crippen molar-refractivity contribution in [1.29, 1.82) is 0 Å². The Morgan fingerprint density at radius 3 is 2.32 bits per heavy atom. The third kappa shape index (κ3) is 4.77. The van der Waals surface area contributed by atoms with Crippen LogP contribution in [0.25, 0.3) is 0 Å². The fraction of sp³-hybridized carbons (Fsp3) is 0.933. The Morgan fingerprint density at radius 1 is 1.00 bits per heavy atom. The summed E-state index contributed by atoms with van der Waals surface area (Å²) in [5.41, 5.74) is 0. The van der Waals surface area contributed by atoms with E-state index in [4.69, 9.17) is 0 Å². The molecular formula is C15H27N3O. The minimum Gasteiger partial charge on any atom is -0.352 e. The second-order valence-electron chi connectivity index (χ2n) is 6.66. The topological polar surface area (TPSA) is 44.4 Å². The summed E-state index contributed by atoms with van der Waals surface area (Å²) in [5.74, 6) is 2.01. The standard InChI is InChI=1S/C15H27N3O/c19-15(10-16-9-12-1-2-12)17-14-5-7-18(8-6-14)11-13-3-4-13/h12-14,16H,1-11H2,(H,17,19). The molecule has 2 saturated carbocycles. The molecule has 2 aliphatic carbocycles. The Hall–Kier alpha value is -0.610. The zero-order valence-electron chi connectivity index (χ0n) is 11.9. The van der Waals surface area contributed by atoms with Gasteiger partial charge in [-0.25, -0.2) is 0 Å². The van der Waals surface area contributed by atoms with Gasteiger partial charge in [0.25, 0.3) is 0 Å². The lowest BCUT2D eigenvalue weighted by Gasteiger charge is -2.32. The monoisotopic (exact) mass is 265 g/mol. The zero-order chi connectivity index (χ0) is 13.1. The van der Waals surface area contributed by atoms with Gasteiger partial charge in [0.1, 0.15) is 0 Å². The van der Waals surface area contributed by atoms with Gasteiger partial charge in [-0.1, -0.05) is 0 Å². The number of amides is 1. The van der Waals surface area contributed by atoms with Crippen LogP contribution < -0.4 is 10.6 Å². The molecule has 0 atom stereocenters. The van der Waals surface area contributed by atoms with E-state index in [1.165, 1.54) is 32.2 Å². The second-order valence-corrected chi connectivity index (χ2v) is 6.66. The van der Waals surface area contributed by atoms with Crippen LogP contribution in [0.5, 0.6) is 0 Å². The van der Waals surface area contributed by atoms with Crippen molar-refractivity contribution < 1.29 is 4.79 Å². The van der Waals surface area contributed by atoms with Gasteiger partial charge < -0.3 is 15.5 Å². The number of likely N-dealkylation sites (tertiary alicyclic amines) is 1. The number of piperidine rings is 1. The molecule has 0 aromatic rings. The molecule has 4 heteroatoms. The van der Waals surface area contributed by atoms with Crippen LogP contribution in [-0.4, -0.2) is 49.6 Å². The number of nitrogens with zero attached hydrogens (tertiary/aromatic N) is 1. The van der Waals surface area contributed by atoms with E-state index in [1.807, 2.05) is 0 Å². The molecule has 1 aliphatic heterocycles. The number of nitrogens with one attached hydrogen (secondary N) is 2. The first-order valence-electron chi connectivity index (χ1n) is 8.02. The van der Waals surface area contributed by atoms with Crippen molar-refractivity contribution in [2.24, 2.45) is 11.8 Å². The van der Waals surface area contributed by atoms with Gasteiger partial charge in [0.05, 0.1) is 6.54 Å². The highest BCUT2D eigenvalue weighted by atomic mass is 16.1. The Morgan fingerprint density at radius 2 is 1.68 bits per heavy atom. The van der Waals surface area contributed by atoms with Crippen molar-refractivity contribution >= 4 is 5.91 Å². The molecule has 0 spiro atoms. The summed E-state index contributed by atoms with van der Waals surface area (Å²) in [6.45, 7) is 5.14. The summed E-state index contributed by atoms with van der Waals surface area (Å²) in [6, 6.07) is 0.408. The van der Waals surface area contributed by atoms with Gasteiger partial charge in [0.2, 0.25) is 5.91 Å². The van der Waals surface area contributed by atoms with Crippen molar-refractivity contribution in [3.63, 3.8) is 0 Å². The molecule has 3 aliphatic rings. The van der Waals surface area contributed by atoms with Gasteiger partial charge in [0, 0.05) is 25.7 Å². The summed E-state index contributed by atoms with van der Waals surface area (Å²) in [7, 11) is 0. The molecular weight excluding hydrogens is 238 g/mol. The van der Waals surface area contributed by atoms with Gasteiger partial charge >= 0.3 is 0 Å². The van der Waals surface area contributed by atoms with Crippen LogP contribution in [0.1, 0.15) is 38.5 Å². The highest BCUT2D eigenvalue weighted by Gasteiger charge is 2.27. The Labute approximate surface area is 116 Å². The van der Waals surface area contributed by atoms with Gasteiger partial charge in [-0.15, -0.1) is 0 Å². The fourth-order valence-electron chi connectivity index (χ4n) is 2.92. The first-order chi connectivity index (χ1) is 9.29. The van der Waals surface area contributed by atoms with Crippen LogP contribution in [0.15, 0.2) is 0 Å². The maximum absolute atomic E-state index is 11.8. The number of hydrogen-bond donors (Lipinski definition) is 2. The lowest BCUT2D eigenvalue weighted by Crippen LogP contribution is -2.47. The normalized spacial score (nSPS) is 25.5. The van der Waals surface area contributed by atoms with Crippen LogP contribution >= 0.6 is 0 Å². The van der Waals surface area contributed by atoms with Crippen LogP contribution in [0.4, 0.5) is 0 Å². The minimum absolute atomic E-state index is 0.182. The highest BCUT2D eigenvalue weighted by Crippen LogP contribution is 2.30. The van der Waals surface area contributed by atoms with Gasteiger partial charge in [-0.3, -0.25) is 4.79 Å². The molecule has 108 valence electrons. The van der Waals surface area contributed by atoms with Crippen LogP contribution in [0.3, 0.4) is 0 Å². The van der Waals surface area contributed by atoms with Crippen LogP contribution in [0, 0.1) is 11.8 Å². The van der Waals surface area contributed by atoms with Crippen molar-refractivity contribution in [2.45, 2.75) is 44.6 Å². The van der Waals surface area contributed by atoms with Gasteiger partial charge in [-0.2, -0.15) is 0 Å². The van der Waals surface area contributed by atoms with Gasteiger partial charge in [0.15, 0.2) is 0 Å². The average molecular weight is 265 g/mol. The number of carbonyl (C=O) groups excluding carboxylic acids is 1. The predicted octanol–water partition coefficient (Wildman–Crippen LogP) is 0.977. The lowest BCUT2D eigenvalue weighted by atomic mass is 10.0. The van der Waals surface area contributed by atoms with E-state index in [1.54, 1.807) is 0 Å². The van der Waals surface area contributed by atoms with Crippen LogP contribution in [-0.2, 0) is 4.79 Å². The Bertz CT molecular complexity index is 305. The Balaban J connectivity index is 1.26. The molecule has 4 nitrogen and oxygen atoms in total. The first-order valence-corrected chi connectivity index (χ1v) is 8.02. The molecule has 1 saturated heterocycles. The van der Waals surface area contributed by atoms with Crippen molar-refractivity contribution in [3.8, 4) is 0 Å². The molecule has 19 heavy (non-hydrogen) atoms. The highest BCUT2D eigenvalue weighted by molar-refractivity contribution is 5.78. The van der Waals surface area contributed by atoms with E-state index in [-0.39, 0.29) is 5.91 Å². The molecule has 3 rings (SSSR count). The van der Waals surface area contributed by atoms with Gasteiger partial charge in [-0.05, 0) is 56.9 Å². The van der Waals surface area contributed by atoms with E-state index in [0.29, 0.717) is 12.6 Å². The van der Waals surface area contributed by atoms with E-state index < -0.39 is 0 Å². The summed E-state index contributed by atoms with van der Waals surface area (Å²) in [5, 5.41) is 6.43. The second kappa shape index (κ2) is 6.23. The van der Waals surface area contributed by atoms with Crippen molar-refractivity contribution in [3.05, 3.63) is 0 Å². The number of hydrogen-bond acceptors (Lipinski definition) is 3. The molecule has 2 N–H and O–H groups in total. The minimum atomic E-state index is 0.182. The molecule has 3 fully saturated rings. The van der Waals surface area contributed by atoms with E-state index >= 15 is 0 Å². The predicted molar refractivity (Wildman–Crippen MR) is 75.9 cm³/mol. The van der Waals surface area contributed by atoms with E-state index in [9.17, 15) is 4.79 Å². The molecule has 1 heterocycles. The zero-order valence-corrected chi connectivity index (χ0v) is 11.9. The van der Waals surface area contributed by atoms with Crippen molar-refractivity contribution in [2.75, 3.05) is 32.7 Å². The molecule has 0 aromatic carbocycles. The third-order valence-corrected chi connectivity index (χ3v) is 4.58. The first kappa shape index (κ1) is 13.4. The number of rotatable bonds is 7. The molecule has 1 amide bonds. The lowest BCUT2D eigenvalue weighted by molar-refractivity contribution is -0.121. The van der Waals surface area contributed by atoms with Crippen LogP contribution in [0.2, 0.25) is 0 Å². The Kier molecular flexibility index (Phi) is 4.38. The van der Waals surface area contributed by atoms with E-state index in [0.717, 1.165) is 44.3 Å². The quantitative estimate of drug-likeness (QED) is 0.721. The molecule has 0 radical (unpaired) electrons. The maximum Gasteiger partial charge on any atom is 0.234 e. The maximum atomic E-state index is 11.8.